The summed E-state index contributed by atoms with van der Waals surface area (Å²) in [6.45, 7) is 4.66. The van der Waals surface area contributed by atoms with Crippen molar-refractivity contribution in [2.24, 2.45) is 11.7 Å². The van der Waals surface area contributed by atoms with E-state index in [0.29, 0.717) is 19.4 Å². The number of benzene rings is 1. The van der Waals surface area contributed by atoms with Gasteiger partial charge in [0.15, 0.2) is 0 Å². The molecule has 5 heteroatoms. The number of carbonyl (C=O) groups excluding carboxylic acids is 1. The summed E-state index contributed by atoms with van der Waals surface area (Å²) in [6, 6.07) is 7.52. The SMILES string of the molecule is Cc1ccccc1N(CCC(=O)O)C(=O)CCC(C)CN. The van der Waals surface area contributed by atoms with Gasteiger partial charge in [-0.1, -0.05) is 25.1 Å². The van der Waals surface area contributed by atoms with Crippen LogP contribution in [0.3, 0.4) is 0 Å². The van der Waals surface area contributed by atoms with Gasteiger partial charge in [0, 0.05) is 18.7 Å². The lowest BCUT2D eigenvalue weighted by Crippen LogP contribution is -2.34. The fourth-order valence-electron chi connectivity index (χ4n) is 2.08. The highest BCUT2D eigenvalue weighted by molar-refractivity contribution is 5.94. The van der Waals surface area contributed by atoms with E-state index in [1.807, 2.05) is 38.1 Å². The highest BCUT2D eigenvalue weighted by Crippen LogP contribution is 2.21. The summed E-state index contributed by atoms with van der Waals surface area (Å²) in [7, 11) is 0. The number of carbonyl (C=O) groups is 2. The quantitative estimate of drug-likeness (QED) is 0.769. The van der Waals surface area contributed by atoms with E-state index < -0.39 is 5.97 Å². The van der Waals surface area contributed by atoms with Crippen molar-refractivity contribution in [2.45, 2.75) is 33.1 Å². The molecule has 0 radical (unpaired) electrons. The minimum atomic E-state index is -0.906. The molecule has 1 unspecified atom stereocenters. The van der Waals surface area contributed by atoms with Crippen LogP contribution in [0.2, 0.25) is 0 Å². The summed E-state index contributed by atoms with van der Waals surface area (Å²) in [4.78, 5) is 24.8. The highest BCUT2D eigenvalue weighted by atomic mass is 16.4. The zero-order valence-corrected chi connectivity index (χ0v) is 12.7. The van der Waals surface area contributed by atoms with Gasteiger partial charge < -0.3 is 15.7 Å². The summed E-state index contributed by atoms with van der Waals surface area (Å²) >= 11 is 0. The number of anilines is 1. The first-order valence-corrected chi connectivity index (χ1v) is 7.23. The van der Waals surface area contributed by atoms with Crippen LogP contribution >= 0.6 is 0 Å². The molecule has 0 saturated carbocycles. The summed E-state index contributed by atoms with van der Waals surface area (Å²) < 4.78 is 0. The van der Waals surface area contributed by atoms with E-state index in [4.69, 9.17) is 10.8 Å². The monoisotopic (exact) mass is 292 g/mol. The van der Waals surface area contributed by atoms with Gasteiger partial charge in [0.05, 0.1) is 6.42 Å². The van der Waals surface area contributed by atoms with Crippen molar-refractivity contribution in [3.63, 3.8) is 0 Å². The van der Waals surface area contributed by atoms with Crippen LogP contribution in [0.4, 0.5) is 5.69 Å². The molecule has 1 rings (SSSR count). The minimum Gasteiger partial charge on any atom is -0.481 e. The normalized spacial score (nSPS) is 12.0. The fraction of sp³-hybridized carbons (Fsp3) is 0.500. The smallest absolute Gasteiger partial charge is 0.305 e. The van der Waals surface area contributed by atoms with Crippen LogP contribution < -0.4 is 10.6 Å². The van der Waals surface area contributed by atoms with E-state index in [1.165, 1.54) is 0 Å². The number of aliphatic carboxylic acids is 1. The van der Waals surface area contributed by atoms with Crippen molar-refractivity contribution in [1.82, 2.24) is 0 Å². The standard InChI is InChI=1S/C16H24N2O3/c1-12(11-17)7-8-15(19)18(10-9-16(20)21)14-6-4-3-5-13(14)2/h3-6,12H,7-11,17H2,1-2H3,(H,20,21). The molecule has 0 saturated heterocycles. The summed E-state index contributed by atoms with van der Waals surface area (Å²) in [6.07, 6.45) is 1.03. The van der Waals surface area contributed by atoms with E-state index in [-0.39, 0.29) is 24.8 Å². The second-order valence-corrected chi connectivity index (χ2v) is 5.36. The molecule has 0 aliphatic carbocycles. The zero-order valence-electron chi connectivity index (χ0n) is 12.7. The third-order valence-electron chi connectivity index (χ3n) is 3.51. The molecule has 0 aromatic heterocycles. The maximum Gasteiger partial charge on any atom is 0.305 e. The Morgan fingerprint density at radius 3 is 2.52 bits per heavy atom. The first-order valence-electron chi connectivity index (χ1n) is 7.23. The van der Waals surface area contributed by atoms with Gasteiger partial charge in [-0.25, -0.2) is 0 Å². The van der Waals surface area contributed by atoms with Crippen molar-refractivity contribution in [1.29, 1.82) is 0 Å². The van der Waals surface area contributed by atoms with Gasteiger partial charge in [-0.2, -0.15) is 0 Å². The second-order valence-electron chi connectivity index (χ2n) is 5.36. The summed E-state index contributed by atoms with van der Waals surface area (Å²) in [5, 5.41) is 8.86. The topological polar surface area (TPSA) is 83.6 Å². The Morgan fingerprint density at radius 2 is 1.95 bits per heavy atom. The van der Waals surface area contributed by atoms with E-state index >= 15 is 0 Å². The Labute approximate surface area is 125 Å². The molecule has 0 fully saturated rings. The lowest BCUT2D eigenvalue weighted by Gasteiger charge is -2.24. The van der Waals surface area contributed by atoms with E-state index in [2.05, 4.69) is 0 Å². The van der Waals surface area contributed by atoms with Crippen molar-refractivity contribution in [3.8, 4) is 0 Å². The number of carboxylic acid groups (broad SMARTS) is 1. The molecule has 0 aliphatic heterocycles. The molecule has 0 bridgehead atoms. The van der Waals surface area contributed by atoms with Crippen LogP contribution in [-0.4, -0.2) is 30.1 Å². The third kappa shape index (κ3) is 5.55. The van der Waals surface area contributed by atoms with Crippen LogP contribution in [-0.2, 0) is 9.59 Å². The fourth-order valence-corrected chi connectivity index (χ4v) is 2.08. The lowest BCUT2D eigenvalue weighted by atomic mass is 10.0. The molecular formula is C16H24N2O3. The summed E-state index contributed by atoms with van der Waals surface area (Å²) in [5.74, 6) is -0.672. The minimum absolute atomic E-state index is 0.0501. The van der Waals surface area contributed by atoms with Gasteiger partial charge in [0.1, 0.15) is 0 Å². The van der Waals surface area contributed by atoms with Crippen LogP contribution in [0.1, 0.15) is 31.7 Å². The number of amides is 1. The van der Waals surface area contributed by atoms with Crippen LogP contribution in [0.25, 0.3) is 0 Å². The molecule has 0 aliphatic rings. The molecule has 1 atom stereocenters. The Balaban J connectivity index is 2.84. The number of hydrogen-bond acceptors (Lipinski definition) is 3. The van der Waals surface area contributed by atoms with Gasteiger partial charge in [-0.05, 0) is 37.4 Å². The first-order chi connectivity index (χ1) is 9.95. The van der Waals surface area contributed by atoms with E-state index in [1.54, 1.807) is 4.90 Å². The average Bonchev–Trinajstić information content (AvgIpc) is 2.46. The highest BCUT2D eigenvalue weighted by Gasteiger charge is 2.18. The molecule has 0 spiro atoms. The van der Waals surface area contributed by atoms with Crippen LogP contribution in [0.15, 0.2) is 24.3 Å². The number of hydrogen-bond donors (Lipinski definition) is 2. The van der Waals surface area contributed by atoms with Crippen molar-refractivity contribution in [2.75, 3.05) is 18.0 Å². The predicted molar refractivity (Wildman–Crippen MR) is 83.2 cm³/mol. The lowest BCUT2D eigenvalue weighted by molar-refractivity contribution is -0.136. The zero-order chi connectivity index (χ0) is 15.8. The Hall–Kier alpha value is -1.88. The molecular weight excluding hydrogens is 268 g/mol. The van der Waals surface area contributed by atoms with Gasteiger partial charge in [0.2, 0.25) is 5.91 Å². The van der Waals surface area contributed by atoms with E-state index in [0.717, 1.165) is 11.3 Å². The second kappa shape index (κ2) is 8.42. The molecule has 5 nitrogen and oxygen atoms in total. The molecule has 1 aromatic rings. The molecule has 1 amide bonds. The Morgan fingerprint density at radius 1 is 1.29 bits per heavy atom. The van der Waals surface area contributed by atoms with Gasteiger partial charge in [-0.3, -0.25) is 9.59 Å². The summed E-state index contributed by atoms with van der Waals surface area (Å²) in [5.41, 5.74) is 7.31. The largest absolute Gasteiger partial charge is 0.481 e. The van der Waals surface area contributed by atoms with Crippen molar-refractivity contribution < 1.29 is 14.7 Å². The number of nitrogens with zero attached hydrogens (tertiary/aromatic N) is 1. The number of aryl methyl sites for hydroxylation is 1. The van der Waals surface area contributed by atoms with Crippen molar-refractivity contribution in [3.05, 3.63) is 29.8 Å². The number of rotatable bonds is 8. The third-order valence-corrected chi connectivity index (χ3v) is 3.51. The van der Waals surface area contributed by atoms with Gasteiger partial charge >= 0.3 is 5.97 Å². The number of carboxylic acids is 1. The first kappa shape index (κ1) is 17.2. The molecule has 116 valence electrons. The predicted octanol–water partition coefficient (Wildman–Crippen LogP) is 2.18. The Kier molecular flexibility index (Phi) is 6.88. The van der Waals surface area contributed by atoms with Crippen LogP contribution in [0, 0.1) is 12.8 Å². The van der Waals surface area contributed by atoms with Crippen molar-refractivity contribution >= 4 is 17.6 Å². The number of nitrogens with two attached hydrogens (primary N) is 1. The Bertz CT molecular complexity index is 488. The van der Waals surface area contributed by atoms with Gasteiger partial charge in [-0.15, -0.1) is 0 Å². The average molecular weight is 292 g/mol. The van der Waals surface area contributed by atoms with Crippen LogP contribution in [0.5, 0.6) is 0 Å². The maximum atomic E-state index is 12.4. The number of para-hydroxylation sites is 1. The molecule has 21 heavy (non-hydrogen) atoms. The maximum absolute atomic E-state index is 12.4. The van der Waals surface area contributed by atoms with Gasteiger partial charge in [0.25, 0.3) is 0 Å². The van der Waals surface area contributed by atoms with E-state index in [9.17, 15) is 9.59 Å². The molecule has 1 aromatic carbocycles. The molecule has 0 heterocycles. The molecule has 3 N–H and O–H groups in total.